The van der Waals surface area contributed by atoms with Crippen molar-refractivity contribution >= 4 is 27.1 Å². The number of sulfonamides is 1. The summed E-state index contributed by atoms with van der Waals surface area (Å²) in [5.74, 6) is 0.693. The molecule has 1 N–H and O–H groups in total. The lowest BCUT2D eigenvalue weighted by Crippen LogP contribution is -2.50. The van der Waals surface area contributed by atoms with E-state index in [4.69, 9.17) is 4.74 Å². The maximum atomic E-state index is 13.1. The third-order valence-corrected chi connectivity index (χ3v) is 6.80. The van der Waals surface area contributed by atoms with Crippen molar-refractivity contribution in [2.24, 2.45) is 0 Å². The minimum absolute atomic E-state index is 0.206. The molecule has 0 aliphatic carbocycles. The zero-order chi connectivity index (χ0) is 20.4. The first-order chi connectivity index (χ1) is 14.0. The molecule has 8 nitrogen and oxygen atoms in total. The number of hydrogen-bond acceptors (Lipinski definition) is 5. The van der Waals surface area contributed by atoms with E-state index in [1.54, 1.807) is 25.1 Å². The first kappa shape index (κ1) is 19.4. The highest BCUT2D eigenvalue weighted by Crippen LogP contribution is 2.25. The molecule has 0 unspecified atom stereocenters. The first-order valence-corrected chi connectivity index (χ1v) is 10.9. The van der Waals surface area contributed by atoms with Gasteiger partial charge in [-0.1, -0.05) is 30.3 Å². The van der Waals surface area contributed by atoms with E-state index in [0.717, 1.165) is 5.56 Å². The highest BCUT2D eigenvalue weighted by Gasteiger charge is 2.30. The largest absolute Gasteiger partial charge is 0.450 e. The van der Waals surface area contributed by atoms with E-state index < -0.39 is 16.1 Å². The van der Waals surface area contributed by atoms with Crippen LogP contribution in [0, 0.1) is 0 Å². The first-order valence-electron chi connectivity index (χ1n) is 9.46. The summed E-state index contributed by atoms with van der Waals surface area (Å²) < 4.78 is 32.5. The monoisotopic (exact) mass is 414 g/mol. The maximum absolute atomic E-state index is 13.1. The number of hydrogen-bond donors (Lipinski definition) is 1. The van der Waals surface area contributed by atoms with Gasteiger partial charge in [0.2, 0.25) is 10.0 Å². The van der Waals surface area contributed by atoms with E-state index in [-0.39, 0.29) is 18.0 Å². The molecule has 1 aromatic heterocycles. The van der Waals surface area contributed by atoms with Gasteiger partial charge >= 0.3 is 6.09 Å². The average molecular weight is 414 g/mol. The summed E-state index contributed by atoms with van der Waals surface area (Å²) in [6.45, 7) is 3.12. The van der Waals surface area contributed by atoms with Crippen molar-refractivity contribution in [3.63, 3.8) is 0 Å². The molecular weight excluding hydrogens is 392 g/mol. The lowest BCUT2D eigenvalue weighted by atomic mass is 10.2. The Hall–Kier alpha value is -2.91. The molecule has 1 aliphatic rings. The number of nitrogens with one attached hydrogen (secondary N) is 1. The van der Waals surface area contributed by atoms with Crippen molar-refractivity contribution in [1.82, 2.24) is 19.2 Å². The molecule has 29 heavy (non-hydrogen) atoms. The van der Waals surface area contributed by atoms with Gasteiger partial charge in [0.05, 0.1) is 22.5 Å². The zero-order valence-electron chi connectivity index (χ0n) is 16.0. The van der Waals surface area contributed by atoms with Crippen LogP contribution in [0.5, 0.6) is 0 Å². The van der Waals surface area contributed by atoms with Gasteiger partial charge in [-0.25, -0.2) is 18.2 Å². The van der Waals surface area contributed by atoms with Crippen LogP contribution in [0.15, 0.2) is 53.4 Å². The van der Waals surface area contributed by atoms with Crippen LogP contribution in [0.1, 0.15) is 6.92 Å². The third kappa shape index (κ3) is 3.83. The van der Waals surface area contributed by atoms with Gasteiger partial charge in [-0.05, 0) is 25.1 Å². The molecule has 2 heterocycles. The molecule has 2 aromatic carbocycles. The molecule has 3 aromatic rings. The predicted molar refractivity (Wildman–Crippen MR) is 109 cm³/mol. The quantitative estimate of drug-likeness (QED) is 0.708. The number of fused-ring (bicyclic) bond motifs is 1. The standard InChI is InChI=1S/C20H22N4O4S/c1-2-28-20(25)23-10-12-24(13-11-23)29(26,27)16-8-9-17-18(14-16)22-19(21-17)15-6-4-3-5-7-15/h3-9,14H,2,10-13H2,1H3,(H,21,22). The summed E-state index contributed by atoms with van der Waals surface area (Å²) in [5.41, 5.74) is 2.30. The predicted octanol–water partition coefficient (Wildman–Crippen LogP) is 2.69. The molecule has 0 radical (unpaired) electrons. The van der Waals surface area contributed by atoms with Gasteiger partial charge in [0.1, 0.15) is 5.82 Å². The molecule has 4 rings (SSSR count). The molecule has 0 atom stereocenters. The Morgan fingerprint density at radius 3 is 2.52 bits per heavy atom. The molecule has 1 fully saturated rings. The van der Waals surface area contributed by atoms with Crippen molar-refractivity contribution in [2.45, 2.75) is 11.8 Å². The van der Waals surface area contributed by atoms with Crippen LogP contribution in [0.2, 0.25) is 0 Å². The van der Waals surface area contributed by atoms with Gasteiger partial charge in [0, 0.05) is 31.7 Å². The minimum atomic E-state index is -3.66. The summed E-state index contributed by atoms with van der Waals surface area (Å²) in [7, 11) is -3.66. The van der Waals surface area contributed by atoms with Crippen LogP contribution in [-0.4, -0.2) is 66.5 Å². The van der Waals surface area contributed by atoms with Gasteiger partial charge in [0.15, 0.2) is 0 Å². The highest BCUT2D eigenvalue weighted by atomic mass is 32.2. The number of carbonyl (C=O) groups excluding carboxylic acids is 1. The van der Waals surface area contributed by atoms with Gasteiger partial charge in [-0.15, -0.1) is 0 Å². The fourth-order valence-electron chi connectivity index (χ4n) is 3.36. The van der Waals surface area contributed by atoms with Gasteiger partial charge in [-0.3, -0.25) is 0 Å². The summed E-state index contributed by atoms with van der Waals surface area (Å²) in [5, 5.41) is 0. The van der Waals surface area contributed by atoms with E-state index >= 15 is 0 Å². The van der Waals surface area contributed by atoms with E-state index in [1.807, 2.05) is 30.3 Å². The summed E-state index contributed by atoms with van der Waals surface area (Å²) in [6.07, 6.45) is -0.406. The lowest BCUT2D eigenvalue weighted by Gasteiger charge is -2.33. The Bertz CT molecular complexity index is 1120. The molecule has 0 spiro atoms. The Kier molecular flexibility index (Phi) is 5.25. The normalized spacial score (nSPS) is 15.6. The number of amides is 1. The van der Waals surface area contributed by atoms with Gasteiger partial charge in [0.25, 0.3) is 0 Å². The smallest absolute Gasteiger partial charge is 0.409 e. The summed E-state index contributed by atoms with van der Waals surface area (Å²) in [6, 6.07) is 14.6. The number of aromatic amines is 1. The Morgan fingerprint density at radius 2 is 1.83 bits per heavy atom. The SMILES string of the molecule is CCOC(=O)N1CCN(S(=O)(=O)c2ccc3nc(-c4ccccc4)[nH]c3c2)CC1. The summed E-state index contributed by atoms with van der Waals surface area (Å²) >= 11 is 0. The topological polar surface area (TPSA) is 95.6 Å². The van der Waals surface area contributed by atoms with Crippen LogP contribution < -0.4 is 0 Å². The third-order valence-electron chi connectivity index (χ3n) is 4.90. The number of H-pyrrole nitrogens is 1. The molecule has 1 saturated heterocycles. The Labute approximate surface area is 169 Å². The number of imidazole rings is 1. The molecule has 152 valence electrons. The van der Waals surface area contributed by atoms with Gasteiger partial charge < -0.3 is 14.6 Å². The molecule has 1 amide bonds. The number of piperazine rings is 1. The number of benzene rings is 2. The zero-order valence-corrected chi connectivity index (χ0v) is 16.9. The highest BCUT2D eigenvalue weighted by molar-refractivity contribution is 7.89. The Morgan fingerprint density at radius 1 is 1.10 bits per heavy atom. The average Bonchev–Trinajstić information content (AvgIpc) is 3.18. The van der Waals surface area contributed by atoms with Gasteiger partial charge in [-0.2, -0.15) is 4.31 Å². The minimum Gasteiger partial charge on any atom is -0.450 e. The molecular formula is C20H22N4O4S. The van der Waals surface area contributed by atoms with Crippen molar-refractivity contribution in [3.8, 4) is 11.4 Å². The van der Waals surface area contributed by atoms with Crippen LogP contribution in [0.3, 0.4) is 0 Å². The van der Waals surface area contributed by atoms with E-state index in [2.05, 4.69) is 9.97 Å². The van der Waals surface area contributed by atoms with Crippen LogP contribution >= 0.6 is 0 Å². The van der Waals surface area contributed by atoms with E-state index in [9.17, 15) is 13.2 Å². The lowest BCUT2D eigenvalue weighted by molar-refractivity contribution is 0.0934. The number of nitrogens with zero attached hydrogens (tertiary/aromatic N) is 3. The van der Waals surface area contributed by atoms with Crippen molar-refractivity contribution < 1.29 is 17.9 Å². The second kappa shape index (κ2) is 7.84. The number of carbonyl (C=O) groups is 1. The fraction of sp³-hybridized carbons (Fsp3) is 0.300. The second-order valence-electron chi connectivity index (χ2n) is 6.72. The number of ether oxygens (including phenoxy) is 1. The Balaban J connectivity index is 1.55. The van der Waals surface area contributed by atoms with Crippen molar-refractivity contribution in [2.75, 3.05) is 32.8 Å². The number of aromatic nitrogens is 2. The van der Waals surface area contributed by atoms with Crippen LogP contribution in [0.25, 0.3) is 22.4 Å². The summed E-state index contributed by atoms with van der Waals surface area (Å²) in [4.78, 5) is 21.3. The van der Waals surface area contributed by atoms with Crippen molar-refractivity contribution in [1.29, 1.82) is 0 Å². The van der Waals surface area contributed by atoms with E-state index in [1.165, 1.54) is 9.21 Å². The molecule has 1 aliphatic heterocycles. The molecule has 0 saturated carbocycles. The van der Waals surface area contributed by atoms with Crippen LogP contribution in [0.4, 0.5) is 4.79 Å². The maximum Gasteiger partial charge on any atom is 0.409 e. The van der Waals surface area contributed by atoms with Crippen molar-refractivity contribution in [3.05, 3.63) is 48.5 Å². The van der Waals surface area contributed by atoms with E-state index in [0.29, 0.717) is 36.6 Å². The van der Waals surface area contributed by atoms with Crippen LogP contribution in [-0.2, 0) is 14.8 Å². The number of rotatable bonds is 4. The molecule has 9 heteroatoms. The second-order valence-corrected chi connectivity index (χ2v) is 8.66. The fourth-order valence-corrected chi connectivity index (χ4v) is 4.81. The molecule has 0 bridgehead atoms.